The van der Waals surface area contributed by atoms with Crippen molar-refractivity contribution >= 4 is 10.9 Å². The highest BCUT2D eigenvalue weighted by Crippen LogP contribution is 2.33. The number of rotatable bonds is 5. The van der Waals surface area contributed by atoms with E-state index in [1.54, 1.807) is 0 Å². The largest absolute Gasteiger partial charge is 0.396 e. The highest BCUT2D eigenvalue weighted by molar-refractivity contribution is 5.79. The fourth-order valence-corrected chi connectivity index (χ4v) is 4.43. The van der Waals surface area contributed by atoms with Gasteiger partial charge < -0.3 is 15.0 Å². The predicted octanol–water partition coefficient (Wildman–Crippen LogP) is 2.84. The van der Waals surface area contributed by atoms with Crippen molar-refractivity contribution in [3.05, 3.63) is 36.0 Å². The summed E-state index contributed by atoms with van der Waals surface area (Å²) in [6.45, 7) is 7.09. The van der Waals surface area contributed by atoms with Crippen LogP contribution in [0.15, 0.2) is 30.5 Å². The van der Waals surface area contributed by atoms with Gasteiger partial charge in [0.2, 0.25) is 0 Å². The first-order valence-electron chi connectivity index (χ1n) is 9.38. The molecule has 0 aliphatic carbocycles. The maximum Gasteiger partial charge on any atom is 0.0500 e. The number of benzene rings is 1. The number of hydrogen-bond acceptors (Lipinski definition) is 3. The molecule has 24 heavy (non-hydrogen) atoms. The zero-order valence-corrected chi connectivity index (χ0v) is 14.5. The third-order valence-electron chi connectivity index (χ3n) is 6.03. The van der Waals surface area contributed by atoms with Crippen molar-refractivity contribution < 1.29 is 5.11 Å². The number of nitrogens with zero attached hydrogens (tertiary/aromatic N) is 2. The summed E-state index contributed by atoms with van der Waals surface area (Å²) < 4.78 is 0. The Hall–Kier alpha value is -1.36. The fraction of sp³-hybridized carbons (Fsp3) is 0.600. The second-order valence-electron chi connectivity index (χ2n) is 7.82. The van der Waals surface area contributed by atoms with Gasteiger partial charge in [0.05, 0.1) is 6.61 Å². The molecule has 4 rings (SSSR count). The van der Waals surface area contributed by atoms with Gasteiger partial charge in [0.25, 0.3) is 0 Å². The number of aliphatic hydroxyl groups is 1. The number of aromatic nitrogens is 1. The van der Waals surface area contributed by atoms with Crippen LogP contribution in [0.25, 0.3) is 10.9 Å². The van der Waals surface area contributed by atoms with E-state index < -0.39 is 0 Å². The number of nitrogens with one attached hydrogen (secondary N) is 1. The predicted molar refractivity (Wildman–Crippen MR) is 98.0 cm³/mol. The molecule has 3 heterocycles. The van der Waals surface area contributed by atoms with Gasteiger partial charge in [-0.2, -0.15) is 0 Å². The molecule has 0 radical (unpaired) electrons. The van der Waals surface area contributed by atoms with Gasteiger partial charge in [0.15, 0.2) is 0 Å². The molecule has 2 aliphatic rings. The summed E-state index contributed by atoms with van der Waals surface area (Å²) in [6.07, 6.45) is 6.90. The molecule has 2 aromatic rings. The van der Waals surface area contributed by atoms with E-state index in [-0.39, 0.29) is 5.41 Å². The highest BCUT2D eigenvalue weighted by atomic mass is 16.3. The SMILES string of the molecule is OCC1(CN2CCCC2)CCN(Cc2ccc3[nH]ccc3c2)CC1. The standard InChI is InChI=1S/C20H29N3O/c24-16-20(15-23-9-1-2-10-23)6-11-22(12-7-20)14-17-3-4-19-18(13-17)5-8-21-19/h3-5,8,13,21,24H,1-2,6-7,9-12,14-16H2. The van der Waals surface area contributed by atoms with Crippen LogP contribution in [0.3, 0.4) is 0 Å². The van der Waals surface area contributed by atoms with E-state index in [0.717, 1.165) is 39.0 Å². The van der Waals surface area contributed by atoms with Gasteiger partial charge in [-0.15, -0.1) is 0 Å². The number of fused-ring (bicyclic) bond motifs is 1. The smallest absolute Gasteiger partial charge is 0.0500 e. The van der Waals surface area contributed by atoms with Crippen LogP contribution >= 0.6 is 0 Å². The highest BCUT2D eigenvalue weighted by Gasteiger charge is 2.36. The lowest BCUT2D eigenvalue weighted by molar-refractivity contribution is 0.0165. The first-order chi connectivity index (χ1) is 11.8. The number of likely N-dealkylation sites (tertiary alicyclic amines) is 2. The first kappa shape index (κ1) is 16.1. The van der Waals surface area contributed by atoms with Crippen LogP contribution in [0.2, 0.25) is 0 Å². The van der Waals surface area contributed by atoms with Gasteiger partial charge in [-0.1, -0.05) is 6.07 Å². The summed E-state index contributed by atoms with van der Waals surface area (Å²) in [5.74, 6) is 0. The lowest BCUT2D eigenvalue weighted by Gasteiger charge is -2.42. The Kier molecular flexibility index (Phi) is 4.61. The Bertz CT molecular complexity index is 666. The molecule has 0 amide bonds. The summed E-state index contributed by atoms with van der Waals surface area (Å²) in [6, 6.07) is 8.85. The third kappa shape index (κ3) is 3.37. The van der Waals surface area contributed by atoms with E-state index in [0.29, 0.717) is 6.61 Å². The van der Waals surface area contributed by atoms with Crippen LogP contribution < -0.4 is 0 Å². The van der Waals surface area contributed by atoms with E-state index in [4.69, 9.17) is 0 Å². The zero-order valence-electron chi connectivity index (χ0n) is 14.5. The molecular formula is C20H29N3O. The van der Waals surface area contributed by atoms with Crippen LogP contribution in [0.5, 0.6) is 0 Å². The van der Waals surface area contributed by atoms with Crippen molar-refractivity contribution in [3.8, 4) is 0 Å². The lowest BCUT2D eigenvalue weighted by Crippen LogP contribution is -2.47. The number of hydrogen-bond donors (Lipinski definition) is 2. The number of piperidine rings is 1. The number of aromatic amines is 1. The molecule has 4 nitrogen and oxygen atoms in total. The third-order valence-corrected chi connectivity index (χ3v) is 6.03. The summed E-state index contributed by atoms with van der Waals surface area (Å²) in [5, 5.41) is 11.3. The molecular weight excluding hydrogens is 298 g/mol. The first-order valence-corrected chi connectivity index (χ1v) is 9.38. The molecule has 2 fully saturated rings. The fourth-order valence-electron chi connectivity index (χ4n) is 4.43. The molecule has 0 spiro atoms. The molecule has 1 aromatic carbocycles. The average molecular weight is 327 g/mol. The van der Waals surface area contributed by atoms with Crippen molar-refractivity contribution in [2.24, 2.45) is 5.41 Å². The Morgan fingerprint density at radius 1 is 1.00 bits per heavy atom. The van der Waals surface area contributed by atoms with E-state index >= 15 is 0 Å². The summed E-state index contributed by atoms with van der Waals surface area (Å²) >= 11 is 0. The van der Waals surface area contributed by atoms with Crippen molar-refractivity contribution in [2.75, 3.05) is 39.3 Å². The Morgan fingerprint density at radius 2 is 1.79 bits per heavy atom. The molecule has 0 bridgehead atoms. The van der Waals surface area contributed by atoms with Gasteiger partial charge in [0, 0.05) is 30.2 Å². The minimum absolute atomic E-state index is 0.130. The second-order valence-corrected chi connectivity index (χ2v) is 7.82. The Labute approximate surface area is 144 Å². The van der Waals surface area contributed by atoms with Gasteiger partial charge in [-0.05, 0) is 81.0 Å². The molecule has 2 N–H and O–H groups in total. The van der Waals surface area contributed by atoms with E-state index in [1.807, 2.05) is 6.20 Å². The minimum atomic E-state index is 0.130. The van der Waals surface area contributed by atoms with E-state index in [2.05, 4.69) is 39.0 Å². The van der Waals surface area contributed by atoms with Crippen LogP contribution in [-0.4, -0.2) is 59.2 Å². The molecule has 0 atom stereocenters. The lowest BCUT2D eigenvalue weighted by atomic mass is 9.78. The Balaban J connectivity index is 1.35. The molecule has 0 unspecified atom stereocenters. The quantitative estimate of drug-likeness (QED) is 0.887. The monoisotopic (exact) mass is 327 g/mol. The average Bonchev–Trinajstić information content (AvgIpc) is 3.28. The maximum atomic E-state index is 10.0. The van der Waals surface area contributed by atoms with Crippen LogP contribution in [0, 0.1) is 5.41 Å². The maximum absolute atomic E-state index is 10.0. The Morgan fingerprint density at radius 3 is 2.54 bits per heavy atom. The number of H-pyrrole nitrogens is 1. The van der Waals surface area contributed by atoms with Crippen LogP contribution in [0.4, 0.5) is 0 Å². The summed E-state index contributed by atoms with van der Waals surface area (Å²) in [7, 11) is 0. The van der Waals surface area contributed by atoms with Crippen molar-refractivity contribution in [1.29, 1.82) is 0 Å². The molecule has 2 saturated heterocycles. The van der Waals surface area contributed by atoms with Crippen molar-refractivity contribution in [2.45, 2.75) is 32.2 Å². The topological polar surface area (TPSA) is 42.5 Å². The minimum Gasteiger partial charge on any atom is -0.396 e. The second kappa shape index (κ2) is 6.87. The van der Waals surface area contributed by atoms with Crippen LogP contribution in [0.1, 0.15) is 31.2 Å². The zero-order chi connectivity index (χ0) is 16.4. The molecule has 0 saturated carbocycles. The van der Waals surface area contributed by atoms with Gasteiger partial charge in [0.1, 0.15) is 0 Å². The van der Waals surface area contributed by atoms with Gasteiger partial charge in [-0.3, -0.25) is 4.90 Å². The summed E-state index contributed by atoms with van der Waals surface area (Å²) in [5.41, 5.74) is 2.73. The van der Waals surface area contributed by atoms with E-state index in [1.165, 1.54) is 42.4 Å². The molecule has 1 aromatic heterocycles. The molecule has 4 heteroatoms. The molecule has 130 valence electrons. The van der Waals surface area contributed by atoms with Crippen molar-refractivity contribution in [3.63, 3.8) is 0 Å². The van der Waals surface area contributed by atoms with Gasteiger partial charge in [-0.25, -0.2) is 0 Å². The van der Waals surface area contributed by atoms with E-state index in [9.17, 15) is 5.11 Å². The molecule has 2 aliphatic heterocycles. The van der Waals surface area contributed by atoms with Crippen molar-refractivity contribution in [1.82, 2.24) is 14.8 Å². The summed E-state index contributed by atoms with van der Waals surface area (Å²) in [4.78, 5) is 8.37. The van der Waals surface area contributed by atoms with Crippen LogP contribution in [-0.2, 0) is 6.54 Å². The van der Waals surface area contributed by atoms with Gasteiger partial charge >= 0.3 is 0 Å². The normalized spacial score (nSPS) is 22.4. The number of aliphatic hydroxyl groups excluding tert-OH is 1.